The van der Waals surface area contributed by atoms with Crippen LogP contribution in [0, 0.1) is 17.5 Å². The summed E-state index contributed by atoms with van der Waals surface area (Å²) in [7, 11) is -4.49. The van der Waals surface area contributed by atoms with Gasteiger partial charge in [0.15, 0.2) is 10.7 Å². The topological polar surface area (TPSA) is 68.3 Å². The minimum absolute atomic E-state index is 0.0379. The van der Waals surface area contributed by atoms with Crippen LogP contribution in [0.4, 0.5) is 19.0 Å². The van der Waals surface area contributed by atoms with Gasteiger partial charge in [-0.1, -0.05) is 18.2 Å². The maximum absolute atomic E-state index is 14.2. The Morgan fingerprint density at radius 3 is 2.41 bits per heavy atom. The molecule has 0 radical (unpaired) electrons. The molecule has 0 atom stereocenters. The smallest absolute Gasteiger partial charge is 0.268 e. The van der Waals surface area contributed by atoms with Crippen molar-refractivity contribution < 1.29 is 26.3 Å². The molecule has 10 heteroatoms. The summed E-state index contributed by atoms with van der Waals surface area (Å²) in [5.74, 6) is -3.26. The number of hydrogen-bond acceptors (Lipinski definition) is 5. The van der Waals surface area contributed by atoms with Gasteiger partial charge in [0.05, 0.1) is 12.1 Å². The van der Waals surface area contributed by atoms with Gasteiger partial charge in [0, 0.05) is 23.9 Å². The first-order valence-corrected chi connectivity index (χ1v) is 10.1. The molecule has 1 N–H and O–H groups in total. The summed E-state index contributed by atoms with van der Waals surface area (Å²) in [6, 6.07) is 7.60. The predicted molar refractivity (Wildman–Crippen MR) is 94.9 cm³/mol. The van der Waals surface area contributed by atoms with Crippen molar-refractivity contribution in [3.05, 3.63) is 70.3 Å². The largest absolute Gasteiger partial charge is 0.493 e. The molecular weight excluding hydrogens is 401 g/mol. The molecule has 0 saturated heterocycles. The molecule has 3 rings (SSSR count). The maximum atomic E-state index is 14.2. The van der Waals surface area contributed by atoms with Gasteiger partial charge in [-0.15, -0.1) is 11.3 Å². The first kappa shape index (κ1) is 19.2. The molecule has 0 aliphatic carbocycles. The van der Waals surface area contributed by atoms with Gasteiger partial charge >= 0.3 is 0 Å². The van der Waals surface area contributed by atoms with Crippen molar-refractivity contribution in [2.24, 2.45) is 0 Å². The highest BCUT2D eigenvalue weighted by Crippen LogP contribution is 2.26. The number of aromatic nitrogens is 1. The summed E-state index contributed by atoms with van der Waals surface area (Å²) in [5.41, 5.74) is 1.77. The molecule has 0 bridgehead atoms. The highest BCUT2D eigenvalue weighted by atomic mass is 32.2. The Morgan fingerprint density at radius 2 is 1.78 bits per heavy atom. The Hall–Kier alpha value is -2.59. The van der Waals surface area contributed by atoms with Crippen molar-refractivity contribution in [2.45, 2.75) is 11.3 Å². The third-order valence-corrected chi connectivity index (χ3v) is 5.50. The number of anilines is 1. The summed E-state index contributed by atoms with van der Waals surface area (Å²) >= 11 is 1.12. The van der Waals surface area contributed by atoms with E-state index in [-0.39, 0.29) is 24.6 Å². The van der Waals surface area contributed by atoms with Crippen LogP contribution < -0.4 is 9.46 Å². The lowest BCUT2D eigenvalue weighted by molar-refractivity contribution is 0.315. The van der Waals surface area contributed by atoms with E-state index in [0.717, 1.165) is 23.5 Å². The Morgan fingerprint density at radius 1 is 1.07 bits per heavy atom. The third kappa shape index (κ3) is 4.58. The lowest BCUT2D eigenvalue weighted by Crippen LogP contribution is -2.17. The van der Waals surface area contributed by atoms with Crippen LogP contribution in [0.15, 0.2) is 52.2 Å². The Bertz CT molecular complexity index is 1020. The number of benzene rings is 2. The van der Waals surface area contributed by atoms with Crippen LogP contribution in [0.25, 0.3) is 0 Å². The first-order valence-electron chi connectivity index (χ1n) is 7.63. The molecule has 0 aliphatic rings. The minimum Gasteiger partial charge on any atom is -0.493 e. The van der Waals surface area contributed by atoms with Crippen LogP contribution in [0.2, 0.25) is 0 Å². The predicted octanol–water partition coefficient (Wildman–Crippen LogP) is 3.98. The second-order valence-corrected chi connectivity index (χ2v) is 7.72. The molecule has 0 spiro atoms. The summed E-state index contributed by atoms with van der Waals surface area (Å²) in [4.78, 5) is 2.58. The minimum atomic E-state index is -4.49. The second kappa shape index (κ2) is 7.97. The van der Waals surface area contributed by atoms with Crippen molar-refractivity contribution in [3.63, 3.8) is 0 Å². The van der Waals surface area contributed by atoms with Gasteiger partial charge in [0.2, 0.25) is 0 Å². The molecule has 0 amide bonds. The molecule has 1 heterocycles. The van der Waals surface area contributed by atoms with E-state index in [4.69, 9.17) is 4.74 Å². The van der Waals surface area contributed by atoms with E-state index < -0.39 is 32.4 Å². The molecule has 27 heavy (non-hydrogen) atoms. The Balaban J connectivity index is 1.74. The van der Waals surface area contributed by atoms with Gasteiger partial charge in [-0.25, -0.2) is 26.6 Å². The molecule has 0 saturated carbocycles. The van der Waals surface area contributed by atoms with Crippen molar-refractivity contribution in [1.82, 2.24) is 4.98 Å². The van der Waals surface area contributed by atoms with Crippen molar-refractivity contribution in [1.29, 1.82) is 0 Å². The molecular formula is C17H13F3N2O3S2. The Labute approximate surface area is 157 Å². The fourth-order valence-electron chi connectivity index (χ4n) is 2.31. The fourth-order valence-corrected chi connectivity index (χ4v) is 3.99. The van der Waals surface area contributed by atoms with E-state index in [9.17, 15) is 21.6 Å². The molecule has 5 nitrogen and oxygen atoms in total. The van der Waals surface area contributed by atoms with E-state index in [1.165, 1.54) is 17.0 Å². The zero-order valence-electron chi connectivity index (χ0n) is 13.7. The van der Waals surface area contributed by atoms with Crippen LogP contribution in [-0.2, 0) is 16.4 Å². The summed E-state index contributed by atoms with van der Waals surface area (Å²) < 4.78 is 73.6. The molecule has 0 aliphatic heterocycles. The summed E-state index contributed by atoms with van der Waals surface area (Å²) in [6.07, 6.45) is 0.182. The highest BCUT2D eigenvalue weighted by Gasteiger charge is 2.26. The Kier molecular flexibility index (Phi) is 5.66. The van der Waals surface area contributed by atoms with Crippen molar-refractivity contribution in [2.75, 3.05) is 11.3 Å². The van der Waals surface area contributed by atoms with E-state index in [2.05, 4.69) is 4.98 Å². The normalized spacial score (nSPS) is 11.4. The van der Waals surface area contributed by atoms with Crippen LogP contribution in [-0.4, -0.2) is 20.0 Å². The molecule has 1 aromatic heterocycles. The van der Waals surface area contributed by atoms with Gasteiger partial charge in [0.1, 0.15) is 23.2 Å². The lowest BCUT2D eigenvalue weighted by Gasteiger charge is -2.11. The quantitative estimate of drug-likeness (QED) is 0.635. The summed E-state index contributed by atoms with van der Waals surface area (Å²) in [6.45, 7) is -0.0387. The monoisotopic (exact) mass is 414 g/mol. The van der Waals surface area contributed by atoms with E-state index in [0.29, 0.717) is 5.56 Å². The molecule has 3 aromatic rings. The van der Waals surface area contributed by atoms with Crippen molar-refractivity contribution >= 4 is 27.2 Å². The standard InChI is InChI=1S/C17H13F3N2O3S2/c18-13-4-2-1-3-11(13)5-6-25-12-7-14(19)17(15(20)8-12)27(23,24)22-16-9-26-10-21-16/h1-4,7-10,22H,5-6H2. The van der Waals surface area contributed by atoms with Crippen LogP contribution in [0.5, 0.6) is 5.75 Å². The number of rotatable bonds is 7. The second-order valence-electron chi connectivity index (χ2n) is 5.39. The number of hydrogen-bond donors (Lipinski definition) is 1. The van der Waals surface area contributed by atoms with E-state index >= 15 is 0 Å². The number of sulfonamides is 1. The number of thiazole rings is 1. The SMILES string of the molecule is O=S(=O)(Nc1cscn1)c1c(F)cc(OCCc2ccccc2F)cc1F. The number of ether oxygens (including phenoxy) is 1. The molecule has 0 fully saturated rings. The van der Waals surface area contributed by atoms with Crippen LogP contribution in [0.1, 0.15) is 5.56 Å². The highest BCUT2D eigenvalue weighted by molar-refractivity contribution is 7.92. The third-order valence-electron chi connectivity index (χ3n) is 3.51. The van der Waals surface area contributed by atoms with E-state index in [1.807, 2.05) is 4.72 Å². The number of nitrogens with one attached hydrogen (secondary N) is 1. The van der Waals surface area contributed by atoms with Gasteiger partial charge < -0.3 is 4.74 Å². The zero-order valence-corrected chi connectivity index (χ0v) is 15.3. The van der Waals surface area contributed by atoms with Crippen LogP contribution in [0.3, 0.4) is 0 Å². The lowest BCUT2D eigenvalue weighted by atomic mass is 10.1. The van der Waals surface area contributed by atoms with Gasteiger partial charge in [-0.3, -0.25) is 4.72 Å². The summed E-state index contributed by atoms with van der Waals surface area (Å²) in [5, 5.41) is 1.38. The molecule has 0 unspecified atom stereocenters. The number of halogens is 3. The van der Waals surface area contributed by atoms with Gasteiger partial charge in [-0.05, 0) is 11.6 Å². The zero-order chi connectivity index (χ0) is 19.4. The fraction of sp³-hybridized carbons (Fsp3) is 0.118. The number of nitrogens with zero attached hydrogens (tertiary/aromatic N) is 1. The molecule has 2 aromatic carbocycles. The maximum Gasteiger partial charge on any atom is 0.268 e. The first-order chi connectivity index (χ1) is 12.9. The average Bonchev–Trinajstić information content (AvgIpc) is 3.08. The van der Waals surface area contributed by atoms with Crippen molar-refractivity contribution in [3.8, 4) is 5.75 Å². The van der Waals surface area contributed by atoms with Gasteiger partial charge in [0.25, 0.3) is 10.0 Å². The van der Waals surface area contributed by atoms with Gasteiger partial charge in [-0.2, -0.15) is 0 Å². The molecule has 142 valence electrons. The van der Waals surface area contributed by atoms with E-state index in [1.54, 1.807) is 18.2 Å². The van der Waals surface area contributed by atoms with Crippen LogP contribution >= 0.6 is 11.3 Å². The average molecular weight is 414 g/mol.